The molecular weight excluding hydrogens is 468 g/mol. The summed E-state index contributed by atoms with van der Waals surface area (Å²) in [5.41, 5.74) is 5.29. The first kappa shape index (κ1) is 24.3. The van der Waals surface area contributed by atoms with Crippen molar-refractivity contribution in [2.45, 2.75) is 52.6 Å². The molecule has 5 rings (SSSR count). The maximum Gasteiger partial charge on any atom is 0.306 e. The molecule has 2 N–H and O–H groups in total. The number of rotatable bonds is 8. The Balaban J connectivity index is 1.30. The fourth-order valence-electron chi connectivity index (χ4n) is 5.70. The molecule has 0 unspecified atom stereocenters. The Bertz CT molecular complexity index is 1400. The van der Waals surface area contributed by atoms with Gasteiger partial charge in [-0.15, -0.1) is 11.3 Å². The van der Waals surface area contributed by atoms with Crippen molar-refractivity contribution in [2.24, 2.45) is 11.3 Å². The molecule has 2 aromatic carbocycles. The quantitative estimate of drug-likeness (QED) is 0.282. The molecule has 0 aliphatic heterocycles. The summed E-state index contributed by atoms with van der Waals surface area (Å²) in [6.07, 6.45) is 4.34. The zero-order valence-electron chi connectivity index (χ0n) is 21.0. The highest BCUT2D eigenvalue weighted by Crippen LogP contribution is 2.46. The highest BCUT2D eigenvalue weighted by atomic mass is 32.1. The van der Waals surface area contributed by atoms with Crippen LogP contribution in [0, 0.1) is 18.3 Å². The Morgan fingerprint density at radius 2 is 1.75 bits per heavy atom. The lowest BCUT2D eigenvalue weighted by Crippen LogP contribution is -2.50. The van der Waals surface area contributed by atoms with E-state index in [0.29, 0.717) is 13.0 Å². The molecule has 1 atom stereocenters. The number of fused-ring (bicyclic) bond motifs is 1. The van der Waals surface area contributed by atoms with Gasteiger partial charge in [0.15, 0.2) is 0 Å². The molecule has 0 saturated heterocycles. The van der Waals surface area contributed by atoms with Gasteiger partial charge in [0.25, 0.3) is 5.91 Å². The number of carboxylic acid groups (broad SMARTS) is 1. The third-order valence-corrected chi connectivity index (χ3v) is 8.51. The summed E-state index contributed by atoms with van der Waals surface area (Å²) in [6.45, 7) is 6.59. The predicted molar refractivity (Wildman–Crippen MR) is 146 cm³/mol. The molecule has 4 aromatic rings. The summed E-state index contributed by atoms with van der Waals surface area (Å²) in [5, 5.41) is 12.5. The molecule has 2 aromatic heterocycles. The highest BCUT2D eigenvalue weighted by Gasteiger charge is 2.43. The molecular formula is C30H32N2O3S. The zero-order valence-corrected chi connectivity index (χ0v) is 21.8. The average molecular weight is 501 g/mol. The molecule has 6 heteroatoms. The second-order valence-corrected chi connectivity index (χ2v) is 11.8. The number of aliphatic carboxylic acids is 1. The summed E-state index contributed by atoms with van der Waals surface area (Å²) in [7, 11) is 0. The van der Waals surface area contributed by atoms with Gasteiger partial charge in [-0.05, 0) is 54.4 Å². The van der Waals surface area contributed by atoms with Crippen LogP contribution in [0.25, 0.3) is 21.3 Å². The SMILES string of the molecule is Cc1sc2ccn(Cc3ccc(-c4ccccc4)cc3)c2c1C(=O)NC1CC(C)(C[C@H](C)C(=O)O)C1. The van der Waals surface area contributed by atoms with Crippen LogP contribution in [0.3, 0.4) is 0 Å². The van der Waals surface area contributed by atoms with Crippen LogP contribution < -0.4 is 5.32 Å². The Morgan fingerprint density at radius 1 is 1.08 bits per heavy atom. The van der Waals surface area contributed by atoms with Crippen molar-refractivity contribution in [3.05, 3.63) is 82.9 Å². The van der Waals surface area contributed by atoms with E-state index in [1.807, 2.05) is 25.1 Å². The van der Waals surface area contributed by atoms with Gasteiger partial charge < -0.3 is 15.0 Å². The van der Waals surface area contributed by atoms with Crippen LogP contribution in [0.5, 0.6) is 0 Å². The molecule has 1 amide bonds. The standard InChI is InChI=1S/C30H32N2O3S/c1-19(29(34)35)15-30(3)16-24(17-30)31-28(33)26-20(2)36-25-13-14-32(27(25)26)18-21-9-11-23(12-10-21)22-7-5-4-6-8-22/h4-14,19,24H,15-18H2,1-3H3,(H,31,33)(H,34,35)/t19-,24?,30?/m0/s1. The minimum atomic E-state index is -0.754. The number of carbonyl (C=O) groups is 2. The minimum absolute atomic E-state index is 0.0269. The van der Waals surface area contributed by atoms with Gasteiger partial charge in [-0.3, -0.25) is 9.59 Å². The lowest BCUT2D eigenvalue weighted by atomic mass is 9.63. The van der Waals surface area contributed by atoms with Crippen molar-refractivity contribution < 1.29 is 14.7 Å². The van der Waals surface area contributed by atoms with Gasteiger partial charge in [0.1, 0.15) is 0 Å². The van der Waals surface area contributed by atoms with Gasteiger partial charge >= 0.3 is 5.97 Å². The van der Waals surface area contributed by atoms with Gasteiger partial charge in [0, 0.05) is 23.7 Å². The van der Waals surface area contributed by atoms with Crippen molar-refractivity contribution in [1.82, 2.24) is 9.88 Å². The maximum atomic E-state index is 13.4. The smallest absolute Gasteiger partial charge is 0.306 e. The Morgan fingerprint density at radius 3 is 2.42 bits per heavy atom. The van der Waals surface area contributed by atoms with Crippen molar-refractivity contribution in [2.75, 3.05) is 0 Å². The number of nitrogens with zero attached hydrogens (tertiary/aromatic N) is 1. The van der Waals surface area contributed by atoms with Crippen LogP contribution in [-0.4, -0.2) is 27.6 Å². The Hall–Kier alpha value is -3.38. The summed E-state index contributed by atoms with van der Waals surface area (Å²) in [6, 6.07) is 21.1. The number of hydrogen-bond acceptors (Lipinski definition) is 3. The normalized spacial score (nSPS) is 20.1. The highest BCUT2D eigenvalue weighted by molar-refractivity contribution is 7.19. The number of aryl methyl sites for hydroxylation is 1. The summed E-state index contributed by atoms with van der Waals surface area (Å²) in [4.78, 5) is 25.6. The monoisotopic (exact) mass is 500 g/mol. The van der Waals surface area contributed by atoms with Crippen LogP contribution in [0.4, 0.5) is 0 Å². The molecule has 1 fully saturated rings. The largest absolute Gasteiger partial charge is 0.481 e. The van der Waals surface area contributed by atoms with Crippen LogP contribution in [0.15, 0.2) is 66.9 Å². The molecule has 0 bridgehead atoms. The number of hydrogen-bond donors (Lipinski definition) is 2. The fraction of sp³-hybridized carbons (Fsp3) is 0.333. The lowest BCUT2D eigenvalue weighted by molar-refractivity contribution is -0.143. The molecule has 0 spiro atoms. The zero-order chi connectivity index (χ0) is 25.4. The van der Waals surface area contributed by atoms with Crippen molar-refractivity contribution >= 4 is 33.4 Å². The first-order valence-electron chi connectivity index (χ1n) is 12.5. The van der Waals surface area contributed by atoms with Crippen molar-refractivity contribution in [3.8, 4) is 11.1 Å². The van der Waals surface area contributed by atoms with Gasteiger partial charge in [-0.1, -0.05) is 68.4 Å². The van der Waals surface area contributed by atoms with E-state index in [1.165, 1.54) is 16.7 Å². The summed E-state index contributed by atoms with van der Waals surface area (Å²) in [5.74, 6) is -1.15. The third kappa shape index (κ3) is 4.82. The van der Waals surface area contributed by atoms with E-state index in [1.54, 1.807) is 18.3 Å². The van der Waals surface area contributed by atoms with E-state index in [9.17, 15) is 14.7 Å². The topological polar surface area (TPSA) is 71.3 Å². The lowest BCUT2D eigenvalue weighted by Gasteiger charge is -2.46. The molecule has 1 aliphatic rings. The van der Waals surface area contributed by atoms with Crippen LogP contribution in [0.2, 0.25) is 0 Å². The molecule has 1 saturated carbocycles. The molecule has 1 aliphatic carbocycles. The van der Waals surface area contributed by atoms with Crippen molar-refractivity contribution in [3.63, 3.8) is 0 Å². The molecule has 0 radical (unpaired) electrons. The number of thiophene rings is 1. The van der Waals surface area contributed by atoms with Crippen LogP contribution in [-0.2, 0) is 11.3 Å². The number of nitrogens with one attached hydrogen (secondary N) is 1. The van der Waals surface area contributed by atoms with E-state index in [-0.39, 0.29) is 23.3 Å². The number of carbonyl (C=O) groups excluding carboxylic acids is 1. The van der Waals surface area contributed by atoms with E-state index >= 15 is 0 Å². The second-order valence-electron chi connectivity index (χ2n) is 10.6. The number of benzene rings is 2. The summed E-state index contributed by atoms with van der Waals surface area (Å²) >= 11 is 1.66. The number of aromatic nitrogens is 1. The van der Waals surface area contributed by atoms with E-state index in [4.69, 9.17) is 0 Å². The summed E-state index contributed by atoms with van der Waals surface area (Å²) < 4.78 is 3.29. The molecule has 2 heterocycles. The van der Waals surface area contributed by atoms with Gasteiger partial charge in [0.05, 0.1) is 21.7 Å². The van der Waals surface area contributed by atoms with E-state index < -0.39 is 5.97 Å². The molecule has 36 heavy (non-hydrogen) atoms. The fourth-order valence-corrected chi connectivity index (χ4v) is 6.76. The maximum absolute atomic E-state index is 13.4. The van der Waals surface area contributed by atoms with E-state index in [0.717, 1.165) is 33.5 Å². The minimum Gasteiger partial charge on any atom is -0.481 e. The Kier molecular flexibility index (Phi) is 6.47. The molecule has 5 nitrogen and oxygen atoms in total. The number of carboxylic acids is 1. The first-order chi connectivity index (χ1) is 17.2. The molecule has 186 valence electrons. The van der Waals surface area contributed by atoms with Crippen molar-refractivity contribution in [1.29, 1.82) is 0 Å². The van der Waals surface area contributed by atoms with E-state index in [2.05, 4.69) is 65.5 Å². The van der Waals surface area contributed by atoms with Gasteiger partial charge in [-0.25, -0.2) is 0 Å². The third-order valence-electron chi connectivity index (χ3n) is 7.45. The Labute approximate surface area is 215 Å². The second kappa shape index (κ2) is 9.58. The van der Waals surface area contributed by atoms with Gasteiger partial charge in [-0.2, -0.15) is 0 Å². The predicted octanol–water partition coefficient (Wildman–Crippen LogP) is 6.74. The average Bonchev–Trinajstić information content (AvgIpc) is 3.36. The number of amides is 1. The van der Waals surface area contributed by atoms with Crippen LogP contribution >= 0.6 is 11.3 Å². The first-order valence-corrected chi connectivity index (χ1v) is 13.3. The van der Waals surface area contributed by atoms with Gasteiger partial charge in [0.2, 0.25) is 0 Å². The van der Waals surface area contributed by atoms with Crippen LogP contribution in [0.1, 0.15) is 53.9 Å².